The van der Waals surface area contributed by atoms with Crippen LogP contribution >= 0.6 is 23.5 Å². The van der Waals surface area contributed by atoms with Crippen molar-refractivity contribution in [2.75, 3.05) is 6.26 Å². The highest BCUT2D eigenvalue weighted by molar-refractivity contribution is 8.04. The second-order valence-corrected chi connectivity index (χ2v) is 5.56. The Morgan fingerprint density at radius 2 is 2.50 bits per heavy atom. The average molecular weight is 202 g/mol. The highest BCUT2D eigenvalue weighted by Crippen LogP contribution is 2.40. The predicted octanol–water partition coefficient (Wildman–Crippen LogP) is 1.69. The Kier molecular flexibility index (Phi) is 2.57. The smallest absolute Gasteiger partial charge is 0.127 e. The lowest BCUT2D eigenvalue weighted by atomic mass is 10.0. The third kappa shape index (κ3) is 1.60. The molecule has 0 aromatic heterocycles. The van der Waals surface area contributed by atoms with Gasteiger partial charge in [0.2, 0.25) is 0 Å². The van der Waals surface area contributed by atoms with Crippen LogP contribution in [0.15, 0.2) is 10.6 Å². The van der Waals surface area contributed by atoms with E-state index in [1.165, 1.54) is 29.9 Å². The van der Waals surface area contributed by atoms with Crippen molar-refractivity contribution in [2.45, 2.75) is 30.0 Å². The molecule has 0 bridgehead atoms. The third-order valence-corrected chi connectivity index (χ3v) is 4.52. The lowest BCUT2D eigenvalue weighted by Crippen LogP contribution is -2.29. The minimum absolute atomic E-state index is 0.121. The Hall–Kier alpha value is 0.200. The molecule has 1 heterocycles. The van der Waals surface area contributed by atoms with Crippen LogP contribution in [0.5, 0.6) is 0 Å². The van der Waals surface area contributed by atoms with Gasteiger partial charge in [0.1, 0.15) is 5.50 Å². The van der Waals surface area contributed by atoms with Crippen molar-refractivity contribution >= 4 is 23.5 Å². The van der Waals surface area contributed by atoms with Crippen LogP contribution < -0.4 is 11.1 Å². The zero-order chi connectivity index (χ0) is 8.55. The molecule has 2 aliphatic rings. The maximum absolute atomic E-state index is 5.78. The van der Waals surface area contributed by atoms with E-state index in [4.69, 9.17) is 5.73 Å². The van der Waals surface area contributed by atoms with Gasteiger partial charge in [-0.2, -0.15) is 11.8 Å². The number of rotatable bonds is 1. The zero-order valence-corrected chi connectivity index (χ0v) is 8.80. The van der Waals surface area contributed by atoms with E-state index in [1.807, 2.05) is 11.8 Å². The molecule has 3 N–H and O–H groups in total. The van der Waals surface area contributed by atoms with Crippen LogP contribution in [0.4, 0.5) is 0 Å². The molecule has 2 unspecified atom stereocenters. The van der Waals surface area contributed by atoms with Gasteiger partial charge in [-0.05, 0) is 25.5 Å². The van der Waals surface area contributed by atoms with Gasteiger partial charge >= 0.3 is 0 Å². The quantitative estimate of drug-likeness (QED) is 0.678. The topological polar surface area (TPSA) is 38.0 Å². The van der Waals surface area contributed by atoms with Gasteiger partial charge in [-0.3, -0.25) is 0 Å². The second-order valence-electron chi connectivity index (χ2n) is 3.19. The lowest BCUT2D eigenvalue weighted by Gasteiger charge is -2.20. The van der Waals surface area contributed by atoms with Crippen LogP contribution in [0.25, 0.3) is 0 Å². The molecule has 2 rings (SSSR count). The van der Waals surface area contributed by atoms with Crippen molar-refractivity contribution in [3.8, 4) is 0 Å². The summed E-state index contributed by atoms with van der Waals surface area (Å²) >= 11 is 3.78. The second kappa shape index (κ2) is 3.52. The molecule has 1 aliphatic carbocycles. The van der Waals surface area contributed by atoms with E-state index in [1.54, 1.807) is 11.8 Å². The molecule has 0 saturated heterocycles. The number of hydrogen-bond donors (Lipinski definition) is 2. The molecular formula is C8H14N2S2. The first-order valence-electron chi connectivity index (χ1n) is 4.23. The molecule has 0 fully saturated rings. The first kappa shape index (κ1) is 8.78. The van der Waals surface area contributed by atoms with Crippen LogP contribution in [0.3, 0.4) is 0 Å². The molecule has 2 atom stereocenters. The van der Waals surface area contributed by atoms with Crippen LogP contribution in [0, 0.1) is 0 Å². The Balaban J connectivity index is 2.04. The fourth-order valence-corrected chi connectivity index (χ4v) is 3.61. The van der Waals surface area contributed by atoms with E-state index in [0.717, 1.165) is 5.25 Å². The van der Waals surface area contributed by atoms with Gasteiger partial charge in [-0.1, -0.05) is 11.8 Å². The highest BCUT2D eigenvalue weighted by atomic mass is 32.2. The largest absolute Gasteiger partial charge is 0.364 e. The molecule has 2 nitrogen and oxygen atoms in total. The summed E-state index contributed by atoms with van der Waals surface area (Å²) in [4.78, 5) is 1.51. The number of thioether (sulfide) groups is 2. The molecular weight excluding hydrogens is 188 g/mol. The van der Waals surface area contributed by atoms with E-state index in [0.29, 0.717) is 0 Å². The summed E-state index contributed by atoms with van der Waals surface area (Å²) in [5.41, 5.74) is 7.32. The average Bonchev–Trinajstić information content (AvgIpc) is 2.43. The molecule has 0 aromatic carbocycles. The molecule has 0 saturated carbocycles. The molecule has 0 aromatic rings. The first-order valence-corrected chi connectivity index (χ1v) is 6.40. The van der Waals surface area contributed by atoms with Gasteiger partial charge in [0.15, 0.2) is 0 Å². The summed E-state index contributed by atoms with van der Waals surface area (Å²) in [6, 6.07) is 0. The predicted molar refractivity (Wildman–Crippen MR) is 56.9 cm³/mol. The molecule has 0 amide bonds. The summed E-state index contributed by atoms with van der Waals surface area (Å²) in [5, 5.41) is 4.13. The van der Waals surface area contributed by atoms with Gasteiger partial charge in [0.05, 0.1) is 0 Å². The monoisotopic (exact) mass is 202 g/mol. The summed E-state index contributed by atoms with van der Waals surface area (Å²) < 4.78 is 0. The van der Waals surface area contributed by atoms with Gasteiger partial charge in [-0.15, -0.1) is 0 Å². The third-order valence-electron chi connectivity index (χ3n) is 2.39. The maximum Gasteiger partial charge on any atom is 0.127 e. The van der Waals surface area contributed by atoms with Crippen molar-refractivity contribution in [3.63, 3.8) is 0 Å². The number of nitrogens with two attached hydrogens (primary N) is 1. The van der Waals surface area contributed by atoms with E-state index in [-0.39, 0.29) is 5.50 Å². The van der Waals surface area contributed by atoms with Crippen molar-refractivity contribution in [2.24, 2.45) is 5.73 Å². The molecule has 0 radical (unpaired) electrons. The van der Waals surface area contributed by atoms with Crippen molar-refractivity contribution in [3.05, 3.63) is 10.6 Å². The number of nitrogens with one attached hydrogen (secondary N) is 1. The lowest BCUT2D eigenvalue weighted by molar-refractivity contribution is 0.653. The summed E-state index contributed by atoms with van der Waals surface area (Å²) in [6.07, 6.45) is 5.92. The van der Waals surface area contributed by atoms with E-state index >= 15 is 0 Å². The Morgan fingerprint density at radius 3 is 3.25 bits per heavy atom. The Morgan fingerprint density at radius 1 is 1.67 bits per heavy atom. The maximum atomic E-state index is 5.78. The first-order chi connectivity index (χ1) is 5.79. The van der Waals surface area contributed by atoms with E-state index < -0.39 is 0 Å². The highest BCUT2D eigenvalue weighted by Gasteiger charge is 2.27. The van der Waals surface area contributed by atoms with Crippen LogP contribution in [0.2, 0.25) is 0 Å². The van der Waals surface area contributed by atoms with Crippen molar-refractivity contribution in [1.29, 1.82) is 0 Å². The van der Waals surface area contributed by atoms with Gasteiger partial charge in [-0.25, -0.2) is 0 Å². The van der Waals surface area contributed by atoms with Crippen LogP contribution in [-0.2, 0) is 0 Å². The minimum Gasteiger partial charge on any atom is -0.364 e. The Bertz CT molecular complexity index is 215. The molecule has 0 spiro atoms. The minimum atomic E-state index is 0.121. The fourth-order valence-electron chi connectivity index (χ4n) is 1.70. The fraction of sp³-hybridized carbons (Fsp3) is 0.750. The zero-order valence-electron chi connectivity index (χ0n) is 7.17. The van der Waals surface area contributed by atoms with Gasteiger partial charge < -0.3 is 11.1 Å². The summed E-state index contributed by atoms with van der Waals surface area (Å²) in [6.45, 7) is 0. The van der Waals surface area contributed by atoms with Gasteiger partial charge in [0.25, 0.3) is 0 Å². The summed E-state index contributed by atoms with van der Waals surface area (Å²) in [5.74, 6) is 0. The summed E-state index contributed by atoms with van der Waals surface area (Å²) in [7, 11) is 0. The normalized spacial score (nSPS) is 34.8. The van der Waals surface area contributed by atoms with Crippen molar-refractivity contribution < 1.29 is 0 Å². The molecule has 4 heteroatoms. The number of hydrogen-bond acceptors (Lipinski definition) is 4. The number of allylic oxidation sites excluding steroid dienone is 2. The van der Waals surface area contributed by atoms with E-state index in [9.17, 15) is 0 Å². The van der Waals surface area contributed by atoms with Crippen molar-refractivity contribution in [1.82, 2.24) is 5.32 Å². The van der Waals surface area contributed by atoms with Crippen LogP contribution in [-0.4, -0.2) is 17.0 Å². The molecule has 1 aliphatic heterocycles. The Labute approximate surface area is 81.7 Å². The van der Waals surface area contributed by atoms with Crippen LogP contribution in [0.1, 0.15) is 19.3 Å². The molecule has 68 valence electrons. The van der Waals surface area contributed by atoms with Gasteiger partial charge in [0, 0.05) is 15.9 Å². The van der Waals surface area contributed by atoms with E-state index in [2.05, 4.69) is 11.6 Å². The molecule has 12 heavy (non-hydrogen) atoms. The SMILES string of the molecule is CSC1CCC2=C(C1)SC(N)N2. The standard InChI is InChI=1S/C8H14N2S2/c1-11-5-2-3-6-7(4-5)12-8(9)10-6/h5,8,10H,2-4,9H2,1H3.